The van der Waals surface area contributed by atoms with Crippen molar-refractivity contribution in [3.63, 3.8) is 0 Å². The van der Waals surface area contributed by atoms with Gasteiger partial charge in [-0.3, -0.25) is 0 Å². The van der Waals surface area contributed by atoms with Gasteiger partial charge in [0.05, 0.1) is 0 Å². The molecule has 1 aromatic carbocycles. The summed E-state index contributed by atoms with van der Waals surface area (Å²) in [4.78, 5) is 10.6. The van der Waals surface area contributed by atoms with Crippen molar-refractivity contribution in [2.75, 3.05) is 4.90 Å². The molecule has 1 aromatic heterocycles. The van der Waals surface area contributed by atoms with Crippen molar-refractivity contribution < 1.29 is 0 Å². The predicted octanol–water partition coefficient (Wildman–Crippen LogP) is 3.21. The smallest absolute Gasteiger partial charge is 0.172 e. The van der Waals surface area contributed by atoms with Gasteiger partial charge in [0.25, 0.3) is 0 Å². The molecule has 0 bridgehead atoms. The van der Waals surface area contributed by atoms with Gasteiger partial charge in [-0.25, -0.2) is 9.97 Å². The second-order valence-electron chi connectivity index (χ2n) is 4.22. The molecule has 1 aliphatic heterocycles. The quantitative estimate of drug-likeness (QED) is 0.773. The van der Waals surface area contributed by atoms with E-state index in [1.807, 2.05) is 6.07 Å². The molecule has 3 nitrogen and oxygen atoms in total. The number of anilines is 2. The van der Waals surface area contributed by atoms with Crippen molar-refractivity contribution in [3.05, 3.63) is 47.4 Å². The Balaban J connectivity index is 2.13. The van der Waals surface area contributed by atoms with Crippen LogP contribution in [-0.2, 0) is 6.42 Å². The summed E-state index contributed by atoms with van der Waals surface area (Å²) in [5.74, 6) is 0.742. The Morgan fingerprint density at radius 1 is 1.24 bits per heavy atom. The maximum atomic E-state index is 6.12. The number of nitrogens with zero attached hydrogens (tertiary/aromatic N) is 3. The van der Waals surface area contributed by atoms with Gasteiger partial charge in [0, 0.05) is 24.1 Å². The summed E-state index contributed by atoms with van der Waals surface area (Å²) >= 11 is 6.12. The fraction of sp³-hybridized carbons (Fsp3) is 0.231. The molecule has 0 amide bonds. The maximum absolute atomic E-state index is 6.12. The van der Waals surface area contributed by atoms with E-state index in [1.54, 1.807) is 12.4 Å². The first-order valence-electron chi connectivity index (χ1n) is 5.61. The number of hydrogen-bond acceptors (Lipinski definition) is 3. The molecule has 1 aliphatic rings. The van der Waals surface area contributed by atoms with Crippen LogP contribution in [-0.4, -0.2) is 16.0 Å². The summed E-state index contributed by atoms with van der Waals surface area (Å²) in [6.07, 6.45) is 4.30. The van der Waals surface area contributed by atoms with Gasteiger partial charge in [-0.2, -0.15) is 0 Å². The summed E-state index contributed by atoms with van der Waals surface area (Å²) in [5.41, 5.74) is 2.52. The van der Waals surface area contributed by atoms with Crippen LogP contribution < -0.4 is 4.90 Å². The van der Waals surface area contributed by atoms with E-state index in [-0.39, 0.29) is 0 Å². The maximum Gasteiger partial charge on any atom is 0.172 e. The molecule has 17 heavy (non-hydrogen) atoms. The second kappa shape index (κ2) is 4.00. The van der Waals surface area contributed by atoms with Gasteiger partial charge in [0.1, 0.15) is 0 Å². The second-order valence-corrected chi connectivity index (χ2v) is 4.58. The molecular formula is C13H12ClN3. The van der Waals surface area contributed by atoms with Crippen LogP contribution in [0.3, 0.4) is 0 Å². The lowest BCUT2D eigenvalue weighted by molar-refractivity contribution is 0.748. The predicted molar refractivity (Wildman–Crippen MR) is 68.8 cm³/mol. The number of aromatic nitrogens is 2. The largest absolute Gasteiger partial charge is 0.320 e. The monoisotopic (exact) mass is 245 g/mol. The van der Waals surface area contributed by atoms with Crippen LogP contribution in [0.25, 0.3) is 0 Å². The van der Waals surface area contributed by atoms with E-state index in [1.165, 1.54) is 11.3 Å². The van der Waals surface area contributed by atoms with Crippen molar-refractivity contribution in [1.82, 2.24) is 9.97 Å². The number of hydrogen-bond donors (Lipinski definition) is 0. The molecule has 1 atom stereocenters. The summed E-state index contributed by atoms with van der Waals surface area (Å²) < 4.78 is 0. The summed E-state index contributed by atoms with van der Waals surface area (Å²) in [7, 11) is 0. The summed E-state index contributed by atoms with van der Waals surface area (Å²) in [6, 6.07) is 8.71. The number of para-hydroxylation sites is 1. The first-order chi connectivity index (χ1) is 8.27. The van der Waals surface area contributed by atoms with Crippen molar-refractivity contribution in [1.29, 1.82) is 0 Å². The van der Waals surface area contributed by atoms with E-state index in [0.29, 0.717) is 11.2 Å². The molecule has 0 saturated heterocycles. The van der Waals surface area contributed by atoms with Gasteiger partial charge in [0.2, 0.25) is 0 Å². The van der Waals surface area contributed by atoms with Gasteiger partial charge in [-0.15, -0.1) is 0 Å². The lowest BCUT2D eigenvalue weighted by Gasteiger charge is -2.23. The highest BCUT2D eigenvalue weighted by Crippen LogP contribution is 2.38. The zero-order chi connectivity index (χ0) is 11.8. The molecule has 0 spiro atoms. The van der Waals surface area contributed by atoms with E-state index < -0.39 is 0 Å². The molecule has 4 heteroatoms. The van der Waals surface area contributed by atoms with Gasteiger partial charge in [-0.05, 0) is 25.0 Å². The van der Waals surface area contributed by atoms with Crippen molar-refractivity contribution in [2.45, 2.75) is 19.4 Å². The highest BCUT2D eigenvalue weighted by molar-refractivity contribution is 6.31. The van der Waals surface area contributed by atoms with Gasteiger partial charge in [0.15, 0.2) is 11.0 Å². The Hall–Kier alpha value is -1.61. The minimum atomic E-state index is 0.363. The SMILES string of the molecule is CC1Cc2ccccc2N1c1nccnc1Cl. The average Bonchev–Trinajstić information content (AvgIpc) is 2.66. The normalized spacial score (nSPS) is 18.2. The Morgan fingerprint density at radius 2 is 2.00 bits per heavy atom. The van der Waals surface area contributed by atoms with Crippen molar-refractivity contribution in [2.24, 2.45) is 0 Å². The molecular weight excluding hydrogens is 234 g/mol. The zero-order valence-electron chi connectivity index (χ0n) is 9.47. The van der Waals surface area contributed by atoms with Gasteiger partial charge in [-0.1, -0.05) is 29.8 Å². The van der Waals surface area contributed by atoms with Crippen LogP contribution in [0.1, 0.15) is 12.5 Å². The first kappa shape index (κ1) is 10.5. The molecule has 3 rings (SSSR count). The fourth-order valence-electron chi connectivity index (χ4n) is 2.36. The van der Waals surface area contributed by atoms with E-state index in [2.05, 4.69) is 40.0 Å². The number of fused-ring (bicyclic) bond motifs is 1. The standard InChI is InChI=1S/C13H12ClN3/c1-9-8-10-4-2-3-5-11(10)17(9)13-12(14)15-6-7-16-13/h2-7,9H,8H2,1H3. The third-order valence-corrected chi connectivity index (χ3v) is 3.34. The van der Waals surface area contributed by atoms with E-state index in [0.717, 1.165) is 12.2 Å². The number of halogens is 1. The Bertz CT molecular complexity index is 556. The van der Waals surface area contributed by atoms with Gasteiger partial charge < -0.3 is 4.90 Å². The first-order valence-corrected chi connectivity index (χ1v) is 5.99. The molecule has 0 N–H and O–H groups in total. The lowest BCUT2D eigenvalue weighted by atomic mass is 10.1. The van der Waals surface area contributed by atoms with Crippen LogP contribution >= 0.6 is 11.6 Å². The number of benzene rings is 1. The van der Waals surface area contributed by atoms with Crippen LogP contribution in [0.15, 0.2) is 36.7 Å². The third-order valence-electron chi connectivity index (χ3n) is 3.07. The molecule has 1 unspecified atom stereocenters. The minimum absolute atomic E-state index is 0.363. The van der Waals surface area contributed by atoms with E-state index in [9.17, 15) is 0 Å². The fourth-order valence-corrected chi connectivity index (χ4v) is 2.56. The van der Waals surface area contributed by atoms with Crippen molar-refractivity contribution in [3.8, 4) is 0 Å². The lowest BCUT2D eigenvalue weighted by Crippen LogP contribution is -2.25. The molecule has 2 aromatic rings. The highest BCUT2D eigenvalue weighted by Gasteiger charge is 2.29. The molecule has 86 valence electrons. The van der Waals surface area contributed by atoms with Crippen LogP contribution in [0.5, 0.6) is 0 Å². The summed E-state index contributed by atoms with van der Waals surface area (Å²) in [6.45, 7) is 2.17. The molecule has 2 heterocycles. The Morgan fingerprint density at radius 3 is 2.82 bits per heavy atom. The van der Waals surface area contributed by atoms with E-state index in [4.69, 9.17) is 11.6 Å². The topological polar surface area (TPSA) is 29.0 Å². The zero-order valence-corrected chi connectivity index (χ0v) is 10.2. The van der Waals surface area contributed by atoms with Crippen LogP contribution in [0.2, 0.25) is 5.15 Å². The average molecular weight is 246 g/mol. The molecule has 0 saturated carbocycles. The van der Waals surface area contributed by atoms with Crippen LogP contribution in [0.4, 0.5) is 11.5 Å². The molecule has 0 aliphatic carbocycles. The number of rotatable bonds is 1. The summed E-state index contributed by atoms with van der Waals surface area (Å²) in [5, 5.41) is 0.455. The minimum Gasteiger partial charge on any atom is -0.320 e. The van der Waals surface area contributed by atoms with Gasteiger partial charge >= 0.3 is 0 Å². The highest BCUT2D eigenvalue weighted by atomic mass is 35.5. The molecule has 0 fully saturated rings. The molecule has 0 radical (unpaired) electrons. The Labute approximate surface area is 105 Å². The van der Waals surface area contributed by atoms with Crippen LogP contribution in [0, 0.1) is 0 Å². The van der Waals surface area contributed by atoms with Crippen molar-refractivity contribution >= 4 is 23.1 Å². The third kappa shape index (κ3) is 1.67. The van der Waals surface area contributed by atoms with E-state index >= 15 is 0 Å². The Kier molecular flexibility index (Phi) is 2.48.